The van der Waals surface area contributed by atoms with E-state index >= 15 is 0 Å². The summed E-state index contributed by atoms with van der Waals surface area (Å²) < 4.78 is 0. The maximum atomic E-state index is 9.89. The van der Waals surface area contributed by atoms with E-state index in [4.69, 9.17) is 5.73 Å². The second kappa shape index (κ2) is 3.02. The zero-order chi connectivity index (χ0) is 9.31. The van der Waals surface area contributed by atoms with Gasteiger partial charge >= 0.3 is 0 Å². The molecule has 4 N–H and O–H groups in total. The van der Waals surface area contributed by atoms with Crippen LogP contribution in [0.25, 0.3) is 0 Å². The summed E-state index contributed by atoms with van der Waals surface area (Å²) in [6.45, 7) is 1.06. The van der Waals surface area contributed by atoms with Crippen molar-refractivity contribution in [2.24, 2.45) is 5.73 Å². The van der Waals surface area contributed by atoms with Crippen molar-refractivity contribution in [1.29, 1.82) is 0 Å². The quantitative estimate of drug-likeness (QED) is 0.533. The van der Waals surface area contributed by atoms with Gasteiger partial charge in [0.15, 0.2) is 0 Å². The Morgan fingerprint density at radius 3 is 2.54 bits per heavy atom. The van der Waals surface area contributed by atoms with Crippen LogP contribution in [0.1, 0.15) is 11.6 Å². The van der Waals surface area contributed by atoms with E-state index in [1.165, 1.54) is 6.33 Å². The zero-order valence-corrected chi connectivity index (χ0v) is 7.14. The van der Waals surface area contributed by atoms with Gasteiger partial charge in [0.2, 0.25) is 0 Å². The SMILES string of the molecule is NC(c1cncnc1)C1(O)CNC1. The number of β-amino-alcohol motifs (C(OH)–C–C–N with tert-alkyl or cyclic N) is 1. The Balaban J connectivity index is 2.17. The summed E-state index contributed by atoms with van der Waals surface area (Å²) in [5.74, 6) is 0. The third-order valence-electron chi connectivity index (χ3n) is 2.38. The number of rotatable bonds is 2. The minimum Gasteiger partial charge on any atom is -0.385 e. The molecule has 0 aromatic carbocycles. The lowest BCUT2D eigenvalue weighted by atomic mass is 9.85. The Hall–Kier alpha value is -1.04. The Morgan fingerprint density at radius 2 is 2.08 bits per heavy atom. The lowest BCUT2D eigenvalue weighted by Crippen LogP contribution is -2.64. The van der Waals surface area contributed by atoms with E-state index in [1.54, 1.807) is 12.4 Å². The van der Waals surface area contributed by atoms with Crippen LogP contribution in [0.2, 0.25) is 0 Å². The molecule has 0 bridgehead atoms. The topological polar surface area (TPSA) is 84.1 Å². The molecule has 1 aliphatic rings. The Morgan fingerprint density at radius 1 is 1.46 bits per heavy atom. The van der Waals surface area contributed by atoms with Crippen molar-refractivity contribution in [3.63, 3.8) is 0 Å². The van der Waals surface area contributed by atoms with E-state index in [-0.39, 0.29) is 0 Å². The fourth-order valence-corrected chi connectivity index (χ4v) is 1.38. The average Bonchev–Trinajstić information content (AvgIpc) is 2.14. The Labute approximate surface area is 76.0 Å². The molecule has 1 aromatic rings. The van der Waals surface area contributed by atoms with Crippen LogP contribution in [0.3, 0.4) is 0 Å². The van der Waals surface area contributed by atoms with E-state index in [2.05, 4.69) is 15.3 Å². The molecule has 2 rings (SSSR count). The van der Waals surface area contributed by atoms with Crippen molar-refractivity contribution in [1.82, 2.24) is 15.3 Å². The molecule has 1 saturated heterocycles. The van der Waals surface area contributed by atoms with Crippen molar-refractivity contribution in [3.05, 3.63) is 24.3 Å². The monoisotopic (exact) mass is 180 g/mol. The number of aliphatic hydroxyl groups is 1. The highest BCUT2D eigenvalue weighted by atomic mass is 16.3. The van der Waals surface area contributed by atoms with Crippen LogP contribution in [-0.4, -0.2) is 33.8 Å². The van der Waals surface area contributed by atoms with Crippen LogP contribution in [-0.2, 0) is 0 Å². The molecular weight excluding hydrogens is 168 g/mol. The summed E-state index contributed by atoms with van der Waals surface area (Å²) >= 11 is 0. The van der Waals surface area contributed by atoms with E-state index in [0.717, 1.165) is 5.56 Å². The third-order valence-corrected chi connectivity index (χ3v) is 2.38. The smallest absolute Gasteiger partial charge is 0.115 e. The molecule has 70 valence electrons. The van der Waals surface area contributed by atoms with Crippen molar-refractivity contribution in [3.8, 4) is 0 Å². The fourth-order valence-electron chi connectivity index (χ4n) is 1.38. The van der Waals surface area contributed by atoms with Gasteiger partial charge in [0.1, 0.15) is 11.9 Å². The summed E-state index contributed by atoms with van der Waals surface area (Å²) in [4.78, 5) is 7.71. The number of nitrogens with zero attached hydrogens (tertiary/aromatic N) is 2. The molecule has 0 amide bonds. The molecule has 2 heterocycles. The molecule has 5 nitrogen and oxygen atoms in total. The van der Waals surface area contributed by atoms with Crippen LogP contribution < -0.4 is 11.1 Å². The summed E-state index contributed by atoms with van der Waals surface area (Å²) in [7, 11) is 0. The number of aromatic nitrogens is 2. The van der Waals surface area contributed by atoms with Gasteiger partial charge in [-0.2, -0.15) is 0 Å². The van der Waals surface area contributed by atoms with Gasteiger partial charge in [0.05, 0.1) is 6.04 Å². The maximum absolute atomic E-state index is 9.89. The largest absolute Gasteiger partial charge is 0.385 e. The zero-order valence-electron chi connectivity index (χ0n) is 7.14. The van der Waals surface area contributed by atoms with Crippen LogP contribution in [0.15, 0.2) is 18.7 Å². The highest BCUT2D eigenvalue weighted by molar-refractivity contribution is 5.17. The lowest BCUT2D eigenvalue weighted by Gasteiger charge is -2.42. The molecular formula is C8H12N4O. The molecule has 0 aliphatic carbocycles. The van der Waals surface area contributed by atoms with Crippen LogP contribution in [0.5, 0.6) is 0 Å². The number of hydrogen-bond donors (Lipinski definition) is 3. The van der Waals surface area contributed by atoms with Crippen molar-refractivity contribution >= 4 is 0 Å². The maximum Gasteiger partial charge on any atom is 0.115 e. The Kier molecular flexibility index (Phi) is 1.99. The van der Waals surface area contributed by atoms with Gasteiger partial charge in [-0.05, 0) is 0 Å². The summed E-state index contributed by atoms with van der Waals surface area (Å²) in [6, 6.07) is -0.407. The van der Waals surface area contributed by atoms with Crippen LogP contribution in [0, 0.1) is 0 Å². The third kappa shape index (κ3) is 1.41. The molecule has 0 radical (unpaired) electrons. The summed E-state index contributed by atoms with van der Waals surface area (Å²) in [5, 5.41) is 12.9. The molecule has 1 fully saturated rings. The highest BCUT2D eigenvalue weighted by Gasteiger charge is 2.41. The van der Waals surface area contributed by atoms with Crippen molar-refractivity contribution in [2.45, 2.75) is 11.6 Å². The second-order valence-corrected chi connectivity index (χ2v) is 3.36. The lowest BCUT2D eigenvalue weighted by molar-refractivity contribution is -0.0334. The number of hydrogen-bond acceptors (Lipinski definition) is 5. The van der Waals surface area contributed by atoms with Crippen LogP contribution >= 0.6 is 0 Å². The number of nitrogens with two attached hydrogens (primary N) is 1. The van der Waals surface area contributed by atoms with Gasteiger partial charge in [0.25, 0.3) is 0 Å². The molecule has 0 saturated carbocycles. The first-order chi connectivity index (χ1) is 6.22. The molecule has 5 heteroatoms. The van der Waals surface area contributed by atoms with Gasteiger partial charge in [-0.25, -0.2) is 9.97 Å². The van der Waals surface area contributed by atoms with Gasteiger partial charge < -0.3 is 16.2 Å². The normalized spacial score (nSPS) is 22.0. The average molecular weight is 180 g/mol. The first-order valence-electron chi connectivity index (χ1n) is 4.16. The van der Waals surface area contributed by atoms with E-state index < -0.39 is 11.6 Å². The van der Waals surface area contributed by atoms with Gasteiger partial charge in [0, 0.05) is 31.0 Å². The second-order valence-electron chi connectivity index (χ2n) is 3.36. The van der Waals surface area contributed by atoms with Crippen LogP contribution in [0.4, 0.5) is 0 Å². The predicted octanol–water partition coefficient (Wildman–Crippen LogP) is -1.19. The summed E-state index contributed by atoms with van der Waals surface area (Å²) in [5.41, 5.74) is 5.81. The summed E-state index contributed by atoms with van der Waals surface area (Å²) in [6.07, 6.45) is 4.71. The van der Waals surface area contributed by atoms with E-state index in [0.29, 0.717) is 13.1 Å². The van der Waals surface area contributed by atoms with Gasteiger partial charge in [-0.1, -0.05) is 0 Å². The molecule has 0 spiro atoms. The first kappa shape index (κ1) is 8.55. The number of nitrogens with one attached hydrogen (secondary N) is 1. The van der Waals surface area contributed by atoms with Gasteiger partial charge in [-0.3, -0.25) is 0 Å². The van der Waals surface area contributed by atoms with E-state index in [9.17, 15) is 5.11 Å². The molecule has 13 heavy (non-hydrogen) atoms. The molecule has 1 atom stereocenters. The van der Waals surface area contributed by atoms with Crippen molar-refractivity contribution in [2.75, 3.05) is 13.1 Å². The standard InChI is InChI=1S/C8H12N4O/c9-7(8(13)3-12-4-8)6-1-10-5-11-2-6/h1-2,5,7,12-13H,3-4,9H2. The molecule has 1 aromatic heterocycles. The fraction of sp³-hybridized carbons (Fsp3) is 0.500. The minimum atomic E-state index is -0.829. The predicted molar refractivity (Wildman–Crippen MR) is 46.8 cm³/mol. The molecule has 1 unspecified atom stereocenters. The highest BCUT2D eigenvalue weighted by Crippen LogP contribution is 2.25. The van der Waals surface area contributed by atoms with Crippen molar-refractivity contribution < 1.29 is 5.11 Å². The van der Waals surface area contributed by atoms with E-state index in [1.807, 2.05) is 0 Å². The first-order valence-corrected chi connectivity index (χ1v) is 4.16. The Bertz CT molecular complexity index is 285. The molecule has 1 aliphatic heterocycles. The minimum absolute atomic E-state index is 0.407. The van der Waals surface area contributed by atoms with Gasteiger partial charge in [-0.15, -0.1) is 0 Å².